The summed E-state index contributed by atoms with van der Waals surface area (Å²) in [6.45, 7) is 4.05. The van der Waals surface area contributed by atoms with E-state index >= 15 is 0 Å². The van der Waals surface area contributed by atoms with Gasteiger partial charge in [0, 0.05) is 28.7 Å². The number of hydrogen-bond acceptors (Lipinski definition) is 4. The average Bonchev–Trinajstić information content (AvgIpc) is 2.93. The van der Waals surface area contributed by atoms with Gasteiger partial charge >= 0.3 is 0 Å². The third-order valence-corrected chi connectivity index (χ3v) is 5.47. The topological polar surface area (TPSA) is 62.3 Å². The second-order valence-corrected chi connectivity index (χ2v) is 8.28. The number of benzene rings is 2. The first-order valence-corrected chi connectivity index (χ1v) is 10.4. The molecule has 0 saturated heterocycles. The maximum absolute atomic E-state index is 13.4. The van der Waals surface area contributed by atoms with Crippen molar-refractivity contribution >= 4 is 46.3 Å². The summed E-state index contributed by atoms with van der Waals surface area (Å²) in [6.07, 6.45) is 3.27. The van der Waals surface area contributed by atoms with Crippen LogP contribution in [-0.2, 0) is 16.1 Å². The molecule has 0 atom stereocenters. The zero-order chi connectivity index (χ0) is 22.1. The fourth-order valence-corrected chi connectivity index (χ4v) is 4.15. The number of aromatic nitrogens is 1. The molecule has 7 heteroatoms. The molecule has 2 aromatic carbocycles. The number of imide groups is 1. The van der Waals surface area contributed by atoms with Crippen LogP contribution in [0.4, 0.5) is 5.69 Å². The molecule has 1 aliphatic heterocycles. The third-order valence-electron chi connectivity index (χ3n) is 4.92. The minimum Gasteiger partial charge on any atom is -0.350 e. The number of rotatable bonds is 5. The Labute approximate surface area is 190 Å². The summed E-state index contributed by atoms with van der Waals surface area (Å²) in [4.78, 5) is 32.0. The molecular formula is C24H19Cl2N3O2. The molecule has 1 aliphatic rings. The quantitative estimate of drug-likeness (QED) is 0.527. The van der Waals surface area contributed by atoms with Crippen LogP contribution < -0.4 is 5.32 Å². The maximum Gasteiger partial charge on any atom is 0.278 e. The highest BCUT2D eigenvalue weighted by Gasteiger charge is 2.40. The third kappa shape index (κ3) is 4.33. The lowest BCUT2D eigenvalue weighted by atomic mass is 10.0. The lowest BCUT2D eigenvalue weighted by Crippen LogP contribution is -2.32. The molecular weight excluding hydrogens is 433 g/mol. The number of carbonyl (C=O) groups excluding carboxylic acids is 2. The fraction of sp³-hybridized carbons (Fsp3) is 0.125. The zero-order valence-electron chi connectivity index (χ0n) is 16.9. The lowest BCUT2D eigenvalue weighted by molar-refractivity contribution is -0.137. The van der Waals surface area contributed by atoms with E-state index in [1.165, 1.54) is 4.90 Å². The van der Waals surface area contributed by atoms with Gasteiger partial charge in [-0.05, 0) is 60.9 Å². The summed E-state index contributed by atoms with van der Waals surface area (Å²) in [5.74, 6) is -0.848. The molecule has 4 rings (SSSR count). The summed E-state index contributed by atoms with van der Waals surface area (Å²) in [6, 6.07) is 14.3. The van der Waals surface area contributed by atoms with E-state index < -0.39 is 11.8 Å². The van der Waals surface area contributed by atoms with Crippen molar-refractivity contribution in [2.24, 2.45) is 0 Å². The molecule has 3 aromatic rings. The predicted molar refractivity (Wildman–Crippen MR) is 123 cm³/mol. The molecule has 0 aliphatic carbocycles. The molecule has 156 valence electrons. The molecule has 1 N–H and O–H groups in total. The minimum atomic E-state index is -0.426. The van der Waals surface area contributed by atoms with Crippen LogP contribution in [0.5, 0.6) is 0 Å². The second kappa shape index (κ2) is 8.53. The number of nitrogens with zero attached hydrogens (tertiary/aromatic N) is 2. The van der Waals surface area contributed by atoms with Crippen LogP contribution >= 0.6 is 23.2 Å². The van der Waals surface area contributed by atoms with Gasteiger partial charge in [0.1, 0.15) is 5.70 Å². The number of carbonyl (C=O) groups is 2. The number of anilines is 1. The number of hydrogen-bond donors (Lipinski definition) is 1. The summed E-state index contributed by atoms with van der Waals surface area (Å²) in [7, 11) is 0. The number of pyridine rings is 1. The van der Waals surface area contributed by atoms with Gasteiger partial charge in [-0.2, -0.15) is 0 Å². The van der Waals surface area contributed by atoms with Crippen LogP contribution in [0.15, 0.2) is 66.6 Å². The van der Waals surface area contributed by atoms with Crippen molar-refractivity contribution in [3.05, 3.63) is 98.9 Å². The normalized spacial score (nSPS) is 13.9. The van der Waals surface area contributed by atoms with E-state index in [4.69, 9.17) is 23.2 Å². The van der Waals surface area contributed by atoms with Crippen molar-refractivity contribution in [1.82, 2.24) is 9.88 Å². The van der Waals surface area contributed by atoms with Crippen molar-refractivity contribution < 1.29 is 9.59 Å². The van der Waals surface area contributed by atoms with Gasteiger partial charge in [-0.25, -0.2) is 0 Å². The van der Waals surface area contributed by atoms with E-state index in [0.29, 0.717) is 15.6 Å². The molecule has 0 fully saturated rings. The molecule has 31 heavy (non-hydrogen) atoms. The van der Waals surface area contributed by atoms with E-state index in [0.717, 1.165) is 22.4 Å². The zero-order valence-corrected chi connectivity index (χ0v) is 18.5. The van der Waals surface area contributed by atoms with Gasteiger partial charge in [-0.15, -0.1) is 0 Å². The second-order valence-electron chi connectivity index (χ2n) is 7.43. The molecule has 0 radical (unpaired) electrons. The van der Waals surface area contributed by atoms with Crippen LogP contribution in [0.25, 0.3) is 5.57 Å². The van der Waals surface area contributed by atoms with Gasteiger partial charge in [0.2, 0.25) is 0 Å². The maximum atomic E-state index is 13.4. The Hall–Kier alpha value is -3.15. The summed E-state index contributed by atoms with van der Waals surface area (Å²) in [5.41, 5.74) is 4.40. The van der Waals surface area contributed by atoms with Crippen molar-refractivity contribution in [1.29, 1.82) is 0 Å². The molecule has 2 amide bonds. The molecule has 0 saturated carbocycles. The van der Waals surface area contributed by atoms with Gasteiger partial charge in [0.25, 0.3) is 11.8 Å². The first-order chi connectivity index (χ1) is 14.8. The number of aryl methyl sites for hydroxylation is 2. The highest BCUT2D eigenvalue weighted by molar-refractivity contribution is 6.41. The van der Waals surface area contributed by atoms with Crippen molar-refractivity contribution in [2.45, 2.75) is 20.4 Å². The van der Waals surface area contributed by atoms with Gasteiger partial charge in [0.15, 0.2) is 0 Å². The largest absolute Gasteiger partial charge is 0.350 e. The summed E-state index contributed by atoms with van der Waals surface area (Å²) >= 11 is 12.5. The van der Waals surface area contributed by atoms with Crippen LogP contribution in [-0.4, -0.2) is 21.7 Å². The molecule has 0 bridgehead atoms. The van der Waals surface area contributed by atoms with Crippen molar-refractivity contribution in [3.8, 4) is 0 Å². The monoisotopic (exact) mass is 451 g/mol. The van der Waals surface area contributed by atoms with Gasteiger partial charge in [-0.1, -0.05) is 41.4 Å². The van der Waals surface area contributed by atoms with Crippen LogP contribution in [0.3, 0.4) is 0 Å². The van der Waals surface area contributed by atoms with E-state index in [1.807, 2.05) is 38.1 Å². The Balaban J connectivity index is 1.80. The average molecular weight is 452 g/mol. The smallest absolute Gasteiger partial charge is 0.278 e. The van der Waals surface area contributed by atoms with Crippen molar-refractivity contribution in [3.63, 3.8) is 0 Å². The van der Waals surface area contributed by atoms with E-state index in [1.54, 1.807) is 36.7 Å². The highest BCUT2D eigenvalue weighted by atomic mass is 35.5. The van der Waals surface area contributed by atoms with Crippen molar-refractivity contribution in [2.75, 3.05) is 5.32 Å². The van der Waals surface area contributed by atoms with Crippen LogP contribution in [0, 0.1) is 13.8 Å². The number of halogens is 2. The van der Waals surface area contributed by atoms with Crippen LogP contribution in [0.2, 0.25) is 10.0 Å². The first-order valence-electron chi connectivity index (χ1n) is 9.63. The Morgan fingerprint density at radius 2 is 1.71 bits per heavy atom. The molecule has 1 aromatic heterocycles. The summed E-state index contributed by atoms with van der Waals surface area (Å²) in [5, 5.41) is 3.91. The Bertz CT molecular complexity index is 1200. The Morgan fingerprint density at radius 3 is 2.35 bits per heavy atom. The predicted octanol–water partition coefficient (Wildman–Crippen LogP) is 5.40. The first kappa shape index (κ1) is 21.1. The number of amides is 2. The molecule has 0 unspecified atom stereocenters. The Morgan fingerprint density at radius 1 is 0.968 bits per heavy atom. The molecule has 0 spiro atoms. The van der Waals surface area contributed by atoms with Gasteiger partial charge in [0.05, 0.1) is 17.1 Å². The minimum absolute atomic E-state index is 0.109. The molecule has 5 nitrogen and oxygen atoms in total. The van der Waals surface area contributed by atoms with Gasteiger partial charge < -0.3 is 5.32 Å². The van der Waals surface area contributed by atoms with E-state index in [-0.39, 0.29) is 17.8 Å². The Kier molecular flexibility index (Phi) is 5.81. The lowest BCUT2D eigenvalue weighted by Gasteiger charge is -2.15. The number of nitrogens with one attached hydrogen (secondary N) is 1. The SMILES string of the molecule is Cc1cc(C)cc(NC2=C(c3ccc(Cl)cc3Cl)C(=O)N(Cc3cccnc3)C2=O)c1. The fourth-order valence-electron chi connectivity index (χ4n) is 3.64. The standard InChI is InChI=1S/C24H19Cl2N3O2/c1-14-8-15(2)10-18(9-14)28-22-21(19-6-5-17(25)11-20(19)26)23(30)29(24(22)31)13-16-4-3-7-27-12-16/h3-12,28H,13H2,1-2H3. The van der Waals surface area contributed by atoms with Gasteiger partial charge in [-0.3, -0.25) is 19.5 Å². The highest BCUT2D eigenvalue weighted by Crippen LogP contribution is 2.36. The van der Waals surface area contributed by atoms with Crippen LogP contribution in [0.1, 0.15) is 22.3 Å². The van der Waals surface area contributed by atoms with E-state index in [9.17, 15) is 9.59 Å². The molecule has 2 heterocycles. The summed E-state index contributed by atoms with van der Waals surface area (Å²) < 4.78 is 0. The van der Waals surface area contributed by atoms with E-state index in [2.05, 4.69) is 10.3 Å².